The van der Waals surface area contributed by atoms with Crippen molar-refractivity contribution in [1.82, 2.24) is 15.2 Å². The van der Waals surface area contributed by atoms with Gasteiger partial charge in [0.25, 0.3) is 0 Å². The Morgan fingerprint density at radius 3 is 3.00 bits per heavy atom. The number of pyridine rings is 1. The second-order valence-electron chi connectivity index (χ2n) is 2.71. The first-order valence-electron chi connectivity index (χ1n) is 3.73. The van der Waals surface area contributed by atoms with E-state index in [9.17, 15) is 4.79 Å². The van der Waals surface area contributed by atoms with Gasteiger partial charge < -0.3 is 5.11 Å². The molecular weight excluding hydrogens is 170 g/mol. The van der Waals surface area contributed by atoms with E-state index in [1.165, 1.54) is 12.3 Å². The third-order valence-electron chi connectivity index (χ3n) is 1.85. The highest BCUT2D eigenvalue weighted by Gasteiger charge is 2.12. The molecule has 0 amide bonds. The highest BCUT2D eigenvalue weighted by molar-refractivity contribution is 6.00. The minimum absolute atomic E-state index is 0.175. The maximum absolute atomic E-state index is 10.7. The number of aromatic nitrogens is 3. The molecule has 2 heterocycles. The van der Waals surface area contributed by atoms with E-state index in [4.69, 9.17) is 5.11 Å². The maximum Gasteiger partial charge on any atom is 0.338 e. The number of H-pyrrole nitrogens is 1. The van der Waals surface area contributed by atoms with Crippen molar-refractivity contribution in [3.8, 4) is 0 Å². The van der Waals surface area contributed by atoms with E-state index in [1.807, 2.05) is 0 Å². The smallest absolute Gasteiger partial charge is 0.338 e. The zero-order valence-electron chi connectivity index (χ0n) is 6.90. The molecule has 5 nitrogen and oxygen atoms in total. The van der Waals surface area contributed by atoms with E-state index in [-0.39, 0.29) is 5.56 Å². The number of nitrogens with one attached hydrogen (secondary N) is 1. The number of carboxylic acid groups (broad SMARTS) is 1. The molecule has 2 aromatic rings. The first kappa shape index (κ1) is 7.72. The largest absolute Gasteiger partial charge is 0.478 e. The number of hydrogen-bond donors (Lipinski definition) is 2. The van der Waals surface area contributed by atoms with Gasteiger partial charge in [-0.3, -0.25) is 10.1 Å². The number of carboxylic acids is 1. The van der Waals surface area contributed by atoms with Crippen molar-refractivity contribution in [3.05, 3.63) is 23.5 Å². The summed E-state index contributed by atoms with van der Waals surface area (Å²) >= 11 is 0. The van der Waals surface area contributed by atoms with Gasteiger partial charge in [-0.15, -0.1) is 0 Å². The Morgan fingerprint density at radius 2 is 2.31 bits per heavy atom. The fourth-order valence-electron chi connectivity index (χ4n) is 1.21. The van der Waals surface area contributed by atoms with Crippen LogP contribution in [0.1, 0.15) is 16.1 Å². The molecule has 5 heteroatoms. The molecule has 0 aliphatic carbocycles. The lowest BCUT2D eigenvalue weighted by atomic mass is 10.2. The Kier molecular flexibility index (Phi) is 1.51. The average Bonchev–Trinajstić information content (AvgIpc) is 2.48. The van der Waals surface area contributed by atoms with E-state index in [0.717, 1.165) is 5.69 Å². The van der Waals surface area contributed by atoms with Crippen molar-refractivity contribution in [2.45, 2.75) is 6.92 Å². The number of nitrogens with zero attached hydrogens (tertiary/aromatic N) is 2. The number of aromatic amines is 1. The summed E-state index contributed by atoms with van der Waals surface area (Å²) in [6.07, 6.45) is 1.47. The summed E-state index contributed by atoms with van der Waals surface area (Å²) in [5, 5.41) is 15.4. The van der Waals surface area contributed by atoms with Crippen LogP contribution in [0.3, 0.4) is 0 Å². The Morgan fingerprint density at radius 1 is 1.54 bits per heavy atom. The molecule has 0 aliphatic rings. The molecule has 2 N–H and O–H groups in total. The average molecular weight is 177 g/mol. The fraction of sp³-hybridized carbons (Fsp3) is 0.125. The second-order valence-corrected chi connectivity index (χ2v) is 2.71. The van der Waals surface area contributed by atoms with Crippen molar-refractivity contribution < 1.29 is 9.90 Å². The molecule has 0 bridgehead atoms. The summed E-state index contributed by atoms with van der Waals surface area (Å²) in [4.78, 5) is 14.8. The predicted octanol–water partition coefficient (Wildman–Crippen LogP) is 0.965. The van der Waals surface area contributed by atoms with Gasteiger partial charge in [0, 0.05) is 6.20 Å². The van der Waals surface area contributed by atoms with Crippen LogP contribution in [-0.4, -0.2) is 26.3 Å². The number of hydrogen-bond acceptors (Lipinski definition) is 3. The molecule has 0 saturated heterocycles. The Bertz CT molecular complexity index is 475. The van der Waals surface area contributed by atoms with Gasteiger partial charge in [-0.2, -0.15) is 5.10 Å². The van der Waals surface area contributed by atoms with E-state index in [0.29, 0.717) is 11.0 Å². The molecular formula is C8H7N3O2. The quantitative estimate of drug-likeness (QED) is 0.680. The lowest BCUT2D eigenvalue weighted by molar-refractivity contribution is 0.0698. The molecule has 13 heavy (non-hydrogen) atoms. The van der Waals surface area contributed by atoms with E-state index in [1.54, 1.807) is 6.92 Å². The molecule has 0 unspecified atom stereocenters. The van der Waals surface area contributed by atoms with Crippen LogP contribution in [0.15, 0.2) is 12.3 Å². The highest BCUT2D eigenvalue weighted by atomic mass is 16.4. The third kappa shape index (κ3) is 1.05. The minimum Gasteiger partial charge on any atom is -0.478 e. The van der Waals surface area contributed by atoms with Crippen molar-refractivity contribution in [3.63, 3.8) is 0 Å². The highest BCUT2D eigenvalue weighted by Crippen LogP contribution is 2.15. The predicted molar refractivity (Wildman–Crippen MR) is 45.6 cm³/mol. The number of carbonyl (C=O) groups is 1. The van der Waals surface area contributed by atoms with Crippen molar-refractivity contribution >= 4 is 17.0 Å². The zero-order chi connectivity index (χ0) is 9.42. The van der Waals surface area contributed by atoms with Gasteiger partial charge in [-0.05, 0) is 13.0 Å². The molecule has 0 radical (unpaired) electrons. The van der Waals surface area contributed by atoms with Crippen LogP contribution in [0, 0.1) is 6.92 Å². The van der Waals surface area contributed by atoms with Gasteiger partial charge in [0.05, 0.1) is 11.3 Å². The van der Waals surface area contributed by atoms with E-state index in [2.05, 4.69) is 15.2 Å². The fourth-order valence-corrected chi connectivity index (χ4v) is 1.21. The number of fused-ring (bicyclic) bond motifs is 1. The first-order chi connectivity index (χ1) is 6.20. The standard InChI is InChI=1S/C8H7N3O2/c1-4-6-7(11-10-4)5(8(12)13)2-3-9-6/h2-3H,1H3,(H,10,11)(H,12,13). The minimum atomic E-state index is -0.987. The van der Waals surface area contributed by atoms with Crippen LogP contribution < -0.4 is 0 Å². The molecule has 2 rings (SSSR count). The lowest BCUT2D eigenvalue weighted by Gasteiger charge is -1.93. The lowest BCUT2D eigenvalue weighted by Crippen LogP contribution is -1.97. The van der Waals surface area contributed by atoms with Crippen LogP contribution >= 0.6 is 0 Å². The molecule has 66 valence electrons. The van der Waals surface area contributed by atoms with Crippen LogP contribution in [0.5, 0.6) is 0 Å². The van der Waals surface area contributed by atoms with Gasteiger partial charge in [-0.25, -0.2) is 4.79 Å². The number of aryl methyl sites for hydroxylation is 1. The monoisotopic (exact) mass is 177 g/mol. The normalized spacial score (nSPS) is 10.5. The molecule has 0 aliphatic heterocycles. The van der Waals surface area contributed by atoms with Gasteiger partial charge in [0.2, 0.25) is 0 Å². The van der Waals surface area contributed by atoms with Crippen LogP contribution in [0.2, 0.25) is 0 Å². The number of rotatable bonds is 1. The molecule has 2 aromatic heterocycles. The van der Waals surface area contributed by atoms with Gasteiger partial charge in [-0.1, -0.05) is 0 Å². The molecule has 0 fully saturated rings. The van der Waals surface area contributed by atoms with Gasteiger partial charge in [0.15, 0.2) is 0 Å². The molecule has 0 atom stereocenters. The van der Waals surface area contributed by atoms with E-state index >= 15 is 0 Å². The topological polar surface area (TPSA) is 78.9 Å². The molecule has 0 spiro atoms. The summed E-state index contributed by atoms with van der Waals surface area (Å²) in [5.41, 5.74) is 1.97. The van der Waals surface area contributed by atoms with Crippen LogP contribution in [0.4, 0.5) is 0 Å². The summed E-state index contributed by atoms with van der Waals surface area (Å²) in [7, 11) is 0. The van der Waals surface area contributed by atoms with Gasteiger partial charge in [0.1, 0.15) is 11.0 Å². The summed E-state index contributed by atoms with van der Waals surface area (Å²) in [5.74, 6) is -0.987. The summed E-state index contributed by atoms with van der Waals surface area (Å²) < 4.78 is 0. The Hall–Kier alpha value is -1.91. The second kappa shape index (κ2) is 2.55. The van der Waals surface area contributed by atoms with E-state index < -0.39 is 5.97 Å². The maximum atomic E-state index is 10.7. The number of aromatic carboxylic acids is 1. The zero-order valence-corrected chi connectivity index (χ0v) is 6.90. The third-order valence-corrected chi connectivity index (χ3v) is 1.85. The summed E-state index contributed by atoms with van der Waals surface area (Å²) in [6, 6.07) is 1.44. The van der Waals surface area contributed by atoms with Crippen LogP contribution in [0.25, 0.3) is 11.0 Å². The first-order valence-corrected chi connectivity index (χ1v) is 3.73. The Balaban J connectivity index is 2.84. The SMILES string of the molecule is Cc1[nH]nc2c(C(=O)O)ccnc12. The van der Waals surface area contributed by atoms with Crippen molar-refractivity contribution in [2.24, 2.45) is 0 Å². The van der Waals surface area contributed by atoms with Crippen molar-refractivity contribution in [2.75, 3.05) is 0 Å². The van der Waals surface area contributed by atoms with Crippen molar-refractivity contribution in [1.29, 1.82) is 0 Å². The summed E-state index contributed by atoms with van der Waals surface area (Å²) in [6.45, 7) is 1.80. The molecule has 0 aromatic carbocycles. The Labute approximate surface area is 73.4 Å². The van der Waals surface area contributed by atoms with Crippen LogP contribution in [-0.2, 0) is 0 Å². The molecule has 0 saturated carbocycles. The van der Waals surface area contributed by atoms with Gasteiger partial charge >= 0.3 is 5.97 Å².